The molecule has 0 aromatic heterocycles. The average molecular weight is 117 g/mol. The fourth-order valence-corrected chi connectivity index (χ4v) is 1.04. The molecule has 0 unspecified atom stereocenters. The van der Waals surface area contributed by atoms with Crippen LogP contribution in [0.5, 0.6) is 0 Å². The van der Waals surface area contributed by atoms with Gasteiger partial charge in [-0.3, -0.25) is 4.99 Å². The lowest BCUT2D eigenvalue weighted by Gasteiger charge is -2.00. The van der Waals surface area contributed by atoms with Crippen molar-refractivity contribution in [2.24, 2.45) is 4.99 Å². The van der Waals surface area contributed by atoms with E-state index in [2.05, 4.69) is 23.2 Å². The number of rotatable bonds is 0. The highest BCUT2D eigenvalue weighted by molar-refractivity contribution is 5.81. The van der Waals surface area contributed by atoms with Crippen molar-refractivity contribution in [3.8, 4) is 0 Å². The summed E-state index contributed by atoms with van der Waals surface area (Å²) >= 11 is 0. The zero-order valence-electron chi connectivity index (χ0n) is 5.04. The molecule has 44 valence electrons. The van der Waals surface area contributed by atoms with Crippen LogP contribution in [0.25, 0.3) is 0 Å². The van der Waals surface area contributed by atoms with Gasteiger partial charge in [0.2, 0.25) is 0 Å². The van der Waals surface area contributed by atoms with Gasteiger partial charge in [-0.1, -0.05) is 18.2 Å². The fraction of sp³-hybridized carbons (Fsp3) is 0.125. The molecular formula is C8H7N. The van der Waals surface area contributed by atoms with Gasteiger partial charge >= 0.3 is 0 Å². The fourth-order valence-electron chi connectivity index (χ4n) is 1.04. The topological polar surface area (TPSA) is 12.4 Å². The molecule has 1 aliphatic carbocycles. The first-order chi connectivity index (χ1) is 4.47. The molecule has 1 heteroatoms. The molecular weight excluding hydrogens is 110 g/mol. The largest absolute Gasteiger partial charge is 0.257 e. The lowest BCUT2D eigenvalue weighted by atomic mass is 10.1. The van der Waals surface area contributed by atoms with Crippen molar-refractivity contribution in [1.82, 2.24) is 0 Å². The lowest BCUT2D eigenvalue weighted by Crippen LogP contribution is -1.82. The molecule has 0 fully saturated rings. The van der Waals surface area contributed by atoms with Crippen LogP contribution in [0.3, 0.4) is 0 Å². The van der Waals surface area contributed by atoms with E-state index in [-0.39, 0.29) is 0 Å². The van der Waals surface area contributed by atoms with Crippen molar-refractivity contribution in [3.05, 3.63) is 35.6 Å². The normalized spacial score (nSPS) is 21.3. The Morgan fingerprint density at radius 2 is 2.44 bits per heavy atom. The number of fused-ring (bicyclic) bond motifs is 1. The van der Waals surface area contributed by atoms with E-state index in [4.69, 9.17) is 0 Å². The van der Waals surface area contributed by atoms with Crippen LogP contribution in [0.15, 0.2) is 40.6 Å². The maximum Gasteiger partial charge on any atom is 0.0665 e. The van der Waals surface area contributed by atoms with E-state index in [0.29, 0.717) is 0 Å². The van der Waals surface area contributed by atoms with Crippen molar-refractivity contribution in [1.29, 1.82) is 0 Å². The minimum atomic E-state index is 1.03. The highest BCUT2D eigenvalue weighted by atomic mass is 14.8. The molecule has 0 aromatic carbocycles. The molecule has 0 radical (unpaired) electrons. The predicted molar refractivity (Wildman–Crippen MR) is 38.4 cm³/mol. The Labute approximate surface area is 54.1 Å². The van der Waals surface area contributed by atoms with E-state index in [1.54, 1.807) is 0 Å². The molecule has 0 atom stereocenters. The Morgan fingerprint density at radius 1 is 1.44 bits per heavy atom. The quantitative estimate of drug-likeness (QED) is 0.459. The van der Waals surface area contributed by atoms with Gasteiger partial charge in [-0.05, 0) is 12.5 Å². The zero-order chi connectivity index (χ0) is 6.10. The Balaban J connectivity index is 2.46. The number of hydrogen-bond donors (Lipinski definition) is 0. The van der Waals surface area contributed by atoms with Crippen LogP contribution in [0.4, 0.5) is 0 Å². The molecule has 9 heavy (non-hydrogen) atoms. The standard InChI is InChI=1S/C8H7N/c1-2-4-8-7(3-1)5-6-9-8/h1,3-6H,2H2. The Hall–Kier alpha value is -1.11. The molecule has 2 rings (SSSR count). The third kappa shape index (κ3) is 0.653. The summed E-state index contributed by atoms with van der Waals surface area (Å²) in [6.07, 6.45) is 11.3. The van der Waals surface area contributed by atoms with Crippen LogP contribution in [0.2, 0.25) is 0 Å². The first-order valence-corrected chi connectivity index (χ1v) is 3.08. The molecule has 1 heterocycles. The van der Waals surface area contributed by atoms with Gasteiger partial charge in [0, 0.05) is 11.8 Å². The summed E-state index contributed by atoms with van der Waals surface area (Å²) in [7, 11) is 0. The van der Waals surface area contributed by atoms with Crippen LogP contribution in [0.1, 0.15) is 6.42 Å². The van der Waals surface area contributed by atoms with E-state index in [9.17, 15) is 0 Å². The summed E-state index contributed by atoms with van der Waals surface area (Å²) in [5.41, 5.74) is 2.39. The van der Waals surface area contributed by atoms with E-state index in [0.717, 1.165) is 12.1 Å². The van der Waals surface area contributed by atoms with Crippen LogP contribution >= 0.6 is 0 Å². The minimum Gasteiger partial charge on any atom is -0.257 e. The smallest absolute Gasteiger partial charge is 0.0665 e. The second kappa shape index (κ2) is 1.69. The Kier molecular flexibility index (Phi) is 0.890. The Bertz CT molecular complexity index is 241. The zero-order valence-corrected chi connectivity index (χ0v) is 5.04. The minimum absolute atomic E-state index is 1.03. The molecule has 1 aliphatic heterocycles. The second-order valence-corrected chi connectivity index (χ2v) is 2.13. The molecule has 0 N–H and O–H groups in total. The monoisotopic (exact) mass is 117 g/mol. The van der Waals surface area contributed by atoms with Crippen molar-refractivity contribution in [3.63, 3.8) is 0 Å². The summed E-state index contributed by atoms with van der Waals surface area (Å²) in [5.74, 6) is 0. The molecule has 1 nitrogen and oxygen atoms in total. The van der Waals surface area contributed by atoms with Gasteiger partial charge in [-0.25, -0.2) is 0 Å². The van der Waals surface area contributed by atoms with Gasteiger partial charge in [0.05, 0.1) is 5.70 Å². The van der Waals surface area contributed by atoms with Gasteiger partial charge in [0.15, 0.2) is 0 Å². The molecule has 0 aromatic rings. The summed E-state index contributed by atoms with van der Waals surface area (Å²) in [6.45, 7) is 0. The van der Waals surface area contributed by atoms with Gasteiger partial charge < -0.3 is 0 Å². The maximum atomic E-state index is 4.15. The van der Waals surface area contributed by atoms with Crippen molar-refractivity contribution in [2.45, 2.75) is 6.42 Å². The second-order valence-electron chi connectivity index (χ2n) is 2.13. The van der Waals surface area contributed by atoms with Crippen molar-refractivity contribution in [2.75, 3.05) is 0 Å². The van der Waals surface area contributed by atoms with Crippen LogP contribution in [-0.2, 0) is 0 Å². The number of allylic oxidation sites excluding steroid dienone is 4. The highest BCUT2D eigenvalue weighted by Gasteiger charge is 2.05. The van der Waals surface area contributed by atoms with Crippen LogP contribution < -0.4 is 0 Å². The van der Waals surface area contributed by atoms with E-state index in [1.807, 2.05) is 12.3 Å². The molecule has 0 saturated carbocycles. The molecule has 2 aliphatic rings. The Morgan fingerprint density at radius 3 is 3.33 bits per heavy atom. The number of hydrogen-bond acceptors (Lipinski definition) is 1. The number of nitrogens with zero attached hydrogens (tertiary/aromatic N) is 1. The maximum absolute atomic E-state index is 4.15. The summed E-state index contributed by atoms with van der Waals surface area (Å²) in [6, 6.07) is 0. The average Bonchev–Trinajstić information content (AvgIpc) is 2.33. The number of aliphatic imine (C=N–C) groups is 1. The molecule has 0 bridgehead atoms. The highest BCUT2D eigenvalue weighted by Crippen LogP contribution is 2.21. The van der Waals surface area contributed by atoms with E-state index < -0.39 is 0 Å². The van der Waals surface area contributed by atoms with E-state index in [1.165, 1.54) is 5.57 Å². The van der Waals surface area contributed by atoms with Gasteiger partial charge in [0.25, 0.3) is 0 Å². The van der Waals surface area contributed by atoms with Gasteiger partial charge in [-0.2, -0.15) is 0 Å². The van der Waals surface area contributed by atoms with Crippen LogP contribution in [-0.4, -0.2) is 6.21 Å². The first kappa shape index (κ1) is 4.74. The third-order valence-electron chi connectivity index (χ3n) is 1.51. The molecule has 0 amide bonds. The SMILES string of the molecule is C1=CC2=CC=NC2=CC1. The summed E-state index contributed by atoms with van der Waals surface area (Å²) in [5, 5.41) is 0. The van der Waals surface area contributed by atoms with Gasteiger partial charge in [-0.15, -0.1) is 0 Å². The lowest BCUT2D eigenvalue weighted by molar-refractivity contribution is 1.24. The predicted octanol–water partition coefficient (Wildman–Crippen LogP) is 1.84. The van der Waals surface area contributed by atoms with Crippen molar-refractivity contribution < 1.29 is 0 Å². The molecule has 0 spiro atoms. The van der Waals surface area contributed by atoms with Crippen molar-refractivity contribution >= 4 is 6.21 Å². The van der Waals surface area contributed by atoms with Crippen LogP contribution in [0, 0.1) is 0 Å². The summed E-state index contributed by atoms with van der Waals surface area (Å²) < 4.78 is 0. The first-order valence-electron chi connectivity index (χ1n) is 3.08. The third-order valence-corrected chi connectivity index (χ3v) is 1.51. The summed E-state index contributed by atoms with van der Waals surface area (Å²) in [4.78, 5) is 4.15. The van der Waals surface area contributed by atoms with Gasteiger partial charge in [0.1, 0.15) is 0 Å². The van der Waals surface area contributed by atoms with E-state index >= 15 is 0 Å². The molecule has 0 saturated heterocycles.